The van der Waals surface area contributed by atoms with Gasteiger partial charge in [-0.05, 0) is 38.3 Å². The van der Waals surface area contributed by atoms with Crippen molar-refractivity contribution in [3.63, 3.8) is 0 Å². The van der Waals surface area contributed by atoms with Crippen LogP contribution in [-0.2, 0) is 32.8 Å². The Morgan fingerprint density at radius 2 is 1.79 bits per heavy atom. The molecule has 0 saturated heterocycles. The quantitative estimate of drug-likeness (QED) is 0.389. The number of anilines is 2. The first-order chi connectivity index (χ1) is 16.0. The summed E-state index contributed by atoms with van der Waals surface area (Å²) in [5, 5.41) is 6.35. The highest BCUT2D eigenvalue weighted by Crippen LogP contribution is 2.34. The van der Waals surface area contributed by atoms with Crippen LogP contribution in [-0.4, -0.2) is 27.0 Å². The normalized spacial score (nSPS) is 11.5. The van der Waals surface area contributed by atoms with Crippen LogP contribution in [0.15, 0.2) is 22.0 Å². The molecule has 9 heteroatoms. The number of rotatable bonds is 8. The highest BCUT2D eigenvalue weighted by Gasteiger charge is 2.23. The summed E-state index contributed by atoms with van der Waals surface area (Å²) in [4.78, 5) is 35.2. The fraction of sp³-hybridized carbons (Fsp3) is 0.480. The smallest absolute Gasteiger partial charge is 0.306 e. The van der Waals surface area contributed by atoms with E-state index in [4.69, 9.17) is 9.26 Å². The number of carbonyl (C=O) groups is 2. The van der Waals surface area contributed by atoms with Gasteiger partial charge in [0, 0.05) is 30.6 Å². The van der Waals surface area contributed by atoms with Crippen LogP contribution < -0.4 is 4.90 Å². The number of aryl methyl sites for hydroxylation is 4. The van der Waals surface area contributed by atoms with Crippen LogP contribution in [0.4, 0.5) is 10.8 Å². The van der Waals surface area contributed by atoms with E-state index >= 15 is 0 Å². The van der Waals surface area contributed by atoms with E-state index in [-0.39, 0.29) is 30.3 Å². The standard InChI is InChI=1S/C25H32N4O4S/c1-15-11-16(2)22(17(3)12-15)29(18(4)30)24-26-19(14-34-24)13-32-21(31)10-8-9-20-27-23(28-33-20)25(5,6)7/h11-12,14H,8-10,13H2,1-7H3. The lowest BCUT2D eigenvalue weighted by Crippen LogP contribution is -2.24. The van der Waals surface area contributed by atoms with E-state index in [1.165, 1.54) is 18.3 Å². The molecule has 3 rings (SSSR count). The van der Waals surface area contributed by atoms with Crippen molar-refractivity contribution < 1.29 is 18.8 Å². The number of amides is 1. The van der Waals surface area contributed by atoms with Crippen LogP contribution in [0.5, 0.6) is 0 Å². The van der Waals surface area contributed by atoms with E-state index in [0.29, 0.717) is 35.4 Å². The molecule has 0 aliphatic carbocycles. The zero-order chi connectivity index (χ0) is 25.0. The fourth-order valence-corrected chi connectivity index (χ4v) is 4.51. The molecule has 0 unspecified atom stereocenters. The van der Waals surface area contributed by atoms with Gasteiger partial charge >= 0.3 is 5.97 Å². The summed E-state index contributed by atoms with van der Waals surface area (Å²) in [5.41, 5.74) is 4.42. The largest absolute Gasteiger partial charge is 0.459 e. The summed E-state index contributed by atoms with van der Waals surface area (Å²) >= 11 is 1.35. The Balaban J connectivity index is 1.56. The lowest BCUT2D eigenvalue weighted by molar-refractivity contribution is -0.145. The molecule has 1 amide bonds. The molecule has 8 nitrogen and oxygen atoms in total. The van der Waals surface area contributed by atoms with Crippen LogP contribution in [0.1, 0.15) is 74.6 Å². The molecule has 0 atom stereocenters. The molecular weight excluding hydrogens is 452 g/mol. The van der Waals surface area contributed by atoms with Crippen molar-refractivity contribution in [2.75, 3.05) is 4.90 Å². The fourth-order valence-electron chi connectivity index (χ4n) is 3.65. The van der Waals surface area contributed by atoms with Gasteiger partial charge in [0.05, 0.1) is 11.4 Å². The predicted molar refractivity (Wildman–Crippen MR) is 131 cm³/mol. The van der Waals surface area contributed by atoms with Crippen LogP contribution >= 0.6 is 11.3 Å². The Labute approximate surface area is 204 Å². The SMILES string of the molecule is CC(=O)N(c1nc(COC(=O)CCCc2nc(C(C)(C)C)no2)cs1)c1c(C)cc(C)cc1C. The molecule has 182 valence electrons. The van der Waals surface area contributed by atoms with Gasteiger partial charge in [-0.2, -0.15) is 4.98 Å². The second-order valence-corrected chi connectivity index (χ2v) is 10.3. The van der Waals surface area contributed by atoms with E-state index in [9.17, 15) is 9.59 Å². The van der Waals surface area contributed by atoms with E-state index in [2.05, 4.69) is 15.1 Å². The van der Waals surface area contributed by atoms with Gasteiger partial charge < -0.3 is 9.26 Å². The van der Waals surface area contributed by atoms with Gasteiger partial charge in [0.2, 0.25) is 11.8 Å². The molecule has 3 aromatic rings. The molecule has 2 aromatic heterocycles. The van der Waals surface area contributed by atoms with Crippen LogP contribution in [0.2, 0.25) is 0 Å². The molecule has 34 heavy (non-hydrogen) atoms. The number of nitrogens with zero attached hydrogens (tertiary/aromatic N) is 4. The minimum absolute atomic E-state index is 0.0572. The number of benzene rings is 1. The Bertz CT molecular complexity index is 1150. The molecule has 0 N–H and O–H groups in total. The Hall–Kier alpha value is -3.07. The van der Waals surface area contributed by atoms with Gasteiger partial charge in [0.1, 0.15) is 6.61 Å². The minimum atomic E-state index is -0.321. The summed E-state index contributed by atoms with van der Waals surface area (Å²) in [5.74, 6) is 0.732. The van der Waals surface area contributed by atoms with Gasteiger partial charge in [-0.3, -0.25) is 14.5 Å². The minimum Gasteiger partial charge on any atom is -0.459 e. The second kappa shape index (κ2) is 10.5. The van der Waals surface area contributed by atoms with Gasteiger partial charge in [-0.15, -0.1) is 11.3 Å². The number of carbonyl (C=O) groups excluding carboxylic acids is 2. The summed E-state index contributed by atoms with van der Waals surface area (Å²) < 4.78 is 10.6. The van der Waals surface area contributed by atoms with E-state index in [1.807, 2.05) is 59.1 Å². The van der Waals surface area contributed by atoms with Crippen molar-refractivity contribution in [3.05, 3.63) is 51.6 Å². The van der Waals surface area contributed by atoms with Gasteiger partial charge in [0.25, 0.3) is 0 Å². The first kappa shape index (κ1) is 25.6. The lowest BCUT2D eigenvalue weighted by atomic mass is 9.96. The second-order valence-electron chi connectivity index (χ2n) is 9.50. The predicted octanol–water partition coefficient (Wildman–Crippen LogP) is 5.50. The van der Waals surface area contributed by atoms with E-state index in [1.54, 1.807) is 4.90 Å². The van der Waals surface area contributed by atoms with Crippen molar-refractivity contribution in [1.82, 2.24) is 15.1 Å². The maximum atomic E-state index is 12.5. The highest BCUT2D eigenvalue weighted by molar-refractivity contribution is 7.14. The van der Waals surface area contributed by atoms with E-state index < -0.39 is 0 Å². The van der Waals surface area contributed by atoms with E-state index in [0.717, 1.165) is 22.4 Å². The highest BCUT2D eigenvalue weighted by atomic mass is 32.1. The van der Waals surface area contributed by atoms with Gasteiger partial charge in [-0.1, -0.05) is 43.6 Å². The Morgan fingerprint density at radius 1 is 1.12 bits per heavy atom. The summed E-state index contributed by atoms with van der Waals surface area (Å²) in [7, 11) is 0. The molecule has 2 heterocycles. The molecule has 0 spiro atoms. The maximum absolute atomic E-state index is 12.5. The number of aromatic nitrogens is 3. The maximum Gasteiger partial charge on any atom is 0.306 e. The van der Waals surface area contributed by atoms with Crippen molar-refractivity contribution in [1.29, 1.82) is 0 Å². The molecule has 0 fully saturated rings. The lowest BCUT2D eigenvalue weighted by Gasteiger charge is -2.23. The van der Waals surface area contributed by atoms with Crippen LogP contribution in [0.3, 0.4) is 0 Å². The zero-order valence-electron chi connectivity index (χ0n) is 20.9. The zero-order valence-corrected chi connectivity index (χ0v) is 21.7. The Kier molecular flexibility index (Phi) is 7.86. The third-order valence-electron chi connectivity index (χ3n) is 5.20. The number of hydrogen-bond acceptors (Lipinski definition) is 8. The molecule has 0 aliphatic heterocycles. The number of ether oxygens (including phenoxy) is 1. The monoisotopic (exact) mass is 484 g/mol. The summed E-state index contributed by atoms with van der Waals surface area (Å²) in [6.07, 6.45) is 1.31. The van der Waals surface area contributed by atoms with Crippen LogP contribution in [0.25, 0.3) is 0 Å². The van der Waals surface area contributed by atoms with Crippen molar-refractivity contribution in [2.45, 2.75) is 79.8 Å². The van der Waals surface area contributed by atoms with Crippen LogP contribution in [0, 0.1) is 20.8 Å². The topological polar surface area (TPSA) is 98.4 Å². The molecule has 0 aliphatic rings. The third-order valence-corrected chi connectivity index (χ3v) is 6.07. The molecule has 1 aromatic carbocycles. The summed E-state index contributed by atoms with van der Waals surface area (Å²) in [6, 6.07) is 4.10. The average Bonchev–Trinajstić information content (AvgIpc) is 3.38. The third kappa shape index (κ3) is 6.28. The molecule has 0 radical (unpaired) electrons. The molecule has 0 saturated carbocycles. The van der Waals surface area contributed by atoms with Crippen molar-refractivity contribution >= 4 is 34.0 Å². The summed E-state index contributed by atoms with van der Waals surface area (Å²) in [6.45, 7) is 13.6. The van der Waals surface area contributed by atoms with Gasteiger partial charge in [-0.25, -0.2) is 4.98 Å². The molecule has 0 bridgehead atoms. The number of thiazole rings is 1. The number of esters is 1. The average molecular weight is 485 g/mol. The molecular formula is C25H32N4O4S. The van der Waals surface area contributed by atoms with Crippen molar-refractivity contribution in [2.24, 2.45) is 0 Å². The number of hydrogen-bond donors (Lipinski definition) is 0. The van der Waals surface area contributed by atoms with Gasteiger partial charge in [0.15, 0.2) is 11.0 Å². The first-order valence-electron chi connectivity index (χ1n) is 11.3. The van der Waals surface area contributed by atoms with Crippen molar-refractivity contribution in [3.8, 4) is 0 Å². The Morgan fingerprint density at radius 3 is 2.38 bits per heavy atom. The first-order valence-corrected chi connectivity index (χ1v) is 12.2.